The Kier molecular flexibility index (Phi) is 4.06. The number of hydrogen-bond acceptors (Lipinski definition) is 2. The molecule has 0 aliphatic heterocycles. The van der Waals surface area contributed by atoms with Crippen molar-refractivity contribution in [2.24, 2.45) is 16.3 Å². The van der Waals surface area contributed by atoms with Crippen LogP contribution >= 0.6 is 11.3 Å². The maximum atomic E-state index is 4.83. The fourth-order valence-corrected chi connectivity index (χ4v) is 3.44. The van der Waals surface area contributed by atoms with Crippen LogP contribution < -0.4 is 0 Å². The molecule has 2 heteroatoms. The molecular weight excluding hydrogens is 238 g/mol. The largest absolute Gasteiger partial charge is 0.246 e. The van der Waals surface area contributed by atoms with Gasteiger partial charge in [-0.15, -0.1) is 11.3 Å². The zero-order valence-electron chi connectivity index (χ0n) is 11.7. The second-order valence-electron chi connectivity index (χ2n) is 6.20. The van der Waals surface area contributed by atoms with Crippen LogP contribution in [0.15, 0.2) is 23.0 Å². The molecule has 0 saturated heterocycles. The second kappa shape index (κ2) is 5.40. The van der Waals surface area contributed by atoms with Crippen LogP contribution in [0, 0.1) is 11.3 Å². The third-order valence-corrected chi connectivity index (χ3v) is 4.76. The van der Waals surface area contributed by atoms with Crippen LogP contribution in [0.3, 0.4) is 0 Å². The summed E-state index contributed by atoms with van der Waals surface area (Å²) >= 11 is 1.72. The molecule has 2 rings (SSSR count). The van der Waals surface area contributed by atoms with Gasteiger partial charge in [-0.05, 0) is 48.5 Å². The minimum absolute atomic E-state index is 0.445. The van der Waals surface area contributed by atoms with Gasteiger partial charge in [0.15, 0.2) is 0 Å². The van der Waals surface area contributed by atoms with Crippen molar-refractivity contribution in [1.29, 1.82) is 0 Å². The number of hydrogen-bond donors (Lipinski definition) is 0. The van der Waals surface area contributed by atoms with Gasteiger partial charge in [0.05, 0.1) is 0 Å². The summed E-state index contributed by atoms with van der Waals surface area (Å²) in [5, 5.41) is 3.23. The highest BCUT2D eigenvalue weighted by Gasteiger charge is 2.28. The van der Waals surface area contributed by atoms with E-state index in [-0.39, 0.29) is 0 Å². The van der Waals surface area contributed by atoms with Gasteiger partial charge in [0, 0.05) is 11.3 Å². The lowest BCUT2D eigenvalue weighted by atomic mass is 9.72. The molecular formula is C16H23NS. The van der Waals surface area contributed by atoms with E-state index in [1.807, 2.05) is 6.08 Å². The minimum atomic E-state index is 0.445. The van der Waals surface area contributed by atoms with E-state index < -0.39 is 0 Å². The molecule has 0 amide bonds. The summed E-state index contributed by atoms with van der Waals surface area (Å²) in [6, 6.07) is 2.10. The Morgan fingerprint density at radius 3 is 2.56 bits per heavy atom. The van der Waals surface area contributed by atoms with E-state index in [0.717, 1.165) is 23.8 Å². The first-order valence-corrected chi connectivity index (χ1v) is 7.65. The lowest BCUT2D eigenvalue weighted by Crippen LogP contribution is -2.25. The molecule has 0 aromatic carbocycles. The van der Waals surface area contributed by atoms with Crippen molar-refractivity contribution in [3.8, 4) is 0 Å². The van der Waals surface area contributed by atoms with Crippen LogP contribution in [-0.4, -0.2) is 5.71 Å². The van der Waals surface area contributed by atoms with Gasteiger partial charge in [0.2, 0.25) is 0 Å². The first kappa shape index (κ1) is 13.5. The fourth-order valence-electron chi connectivity index (χ4n) is 2.63. The number of thiophene rings is 1. The van der Waals surface area contributed by atoms with Crippen LogP contribution in [0.1, 0.15) is 52.0 Å². The SMILES string of the molecule is C=Cc1ccsc1N=C1CCC(C(C)(C)C)CC1. The van der Waals surface area contributed by atoms with E-state index in [9.17, 15) is 0 Å². The smallest absolute Gasteiger partial charge is 0.123 e. The molecule has 0 spiro atoms. The molecule has 0 radical (unpaired) electrons. The molecule has 0 unspecified atom stereocenters. The molecule has 1 aromatic rings. The second-order valence-corrected chi connectivity index (χ2v) is 7.10. The van der Waals surface area contributed by atoms with Crippen LogP contribution in [0.4, 0.5) is 5.00 Å². The number of aliphatic imine (C=N–C) groups is 1. The predicted molar refractivity (Wildman–Crippen MR) is 82.9 cm³/mol. The fraction of sp³-hybridized carbons (Fsp3) is 0.562. The van der Waals surface area contributed by atoms with E-state index in [1.165, 1.54) is 24.1 Å². The van der Waals surface area contributed by atoms with E-state index >= 15 is 0 Å². The highest BCUT2D eigenvalue weighted by Crippen LogP contribution is 2.38. The van der Waals surface area contributed by atoms with E-state index in [4.69, 9.17) is 4.99 Å². The third kappa shape index (κ3) is 3.11. The molecule has 1 saturated carbocycles. The average molecular weight is 261 g/mol. The number of nitrogens with zero attached hydrogens (tertiary/aromatic N) is 1. The Morgan fingerprint density at radius 2 is 2.00 bits per heavy atom. The maximum absolute atomic E-state index is 4.83. The van der Waals surface area contributed by atoms with Crippen molar-refractivity contribution in [2.45, 2.75) is 46.5 Å². The van der Waals surface area contributed by atoms with Crippen LogP contribution in [0.2, 0.25) is 0 Å². The summed E-state index contributed by atoms with van der Waals surface area (Å²) in [4.78, 5) is 4.83. The first-order valence-electron chi connectivity index (χ1n) is 6.77. The number of rotatable bonds is 2. The molecule has 0 atom stereocenters. The Bertz CT molecular complexity index is 438. The average Bonchev–Trinajstić information content (AvgIpc) is 2.76. The Hall–Kier alpha value is -0.890. The normalized spacial score (nSPS) is 20.8. The molecule has 98 valence electrons. The standard InChI is InChI=1S/C16H23NS/c1-5-12-10-11-18-15(12)17-14-8-6-13(7-9-14)16(2,3)4/h5,10-11,13H,1,6-9H2,2-4H3. The van der Waals surface area contributed by atoms with E-state index in [0.29, 0.717) is 5.41 Å². The topological polar surface area (TPSA) is 12.4 Å². The highest BCUT2D eigenvalue weighted by atomic mass is 32.1. The molecule has 0 bridgehead atoms. The summed E-state index contributed by atoms with van der Waals surface area (Å²) in [7, 11) is 0. The summed E-state index contributed by atoms with van der Waals surface area (Å²) in [5.74, 6) is 0.846. The molecule has 1 heterocycles. The summed E-state index contributed by atoms with van der Waals surface area (Å²) < 4.78 is 0. The Morgan fingerprint density at radius 1 is 1.33 bits per heavy atom. The van der Waals surface area contributed by atoms with Crippen molar-refractivity contribution >= 4 is 28.1 Å². The zero-order chi connectivity index (χ0) is 13.2. The summed E-state index contributed by atoms with van der Waals surface area (Å²) in [6.07, 6.45) is 6.80. The zero-order valence-corrected chi connectivity index (χ0v) is 12.5. The van der Waals surface area contributed by atoms with Crippen LogP contribution in [0.5, 0.6) is 0 Å². The third-order valence-electron chi connectivity index (χ3n) is 3.94. The van der Waals surface area contributed by atoms with Gasteiger partial charge in [-0.3, -0.25) is 0 Å². The molecule has 1 aliphatic carbocycles. The molecule has 1 nitrogen and oxygen atoms in total. The van der Waals surface area contributed by atoms with Crippen molar-refractivity contribution in [3.63, 3.8) is 0 Å². The molecule has 0 N–H and O–H groups in total. The van der Waals surface area contributed by atoms with Crippen molar-refractivity contribution < 1.29 is 0 Å². The van der Waals surface area contributed by atoms with E-state index in [1.54, 1.807) is 11.3 Å². The first-order chi connectivity index (χ1) is 8.50. The Labute approximate surface area is 115 Å². The molecule has 1 aliphatic rings. The van der Waals surface area contributed by atoms with Gasteiger partial charge < -0.3 is 0 Å². The summed E-state index contributed by atoms with van der Waals surface area (Å²) in [5.41, 5.74) is 2.99. The Balaban J connectivity index is 2.04. The lowest BCUT2D eigenvalue weighted by molar-refractivity contribution is 0.208. The van der Waals surface area contributed by atoms with Gasteiger partial charge in [-0.2, -0.15) is 0 Å². The van der Waals surface area contributed by atoms with E-state index in [2.05, 4.69) is 38.8 Å². The quantitative estimate of drug-likeness (QED) is 0.647. The monoisotopic (exact) mass is 261 g/mol. The maximum Gasteiger partial charge on any atom is 0.123 e. The van der Waals surface area contributed by atoms with Gasteiger partial charge in [-0.25, -0.2) is 4.99 Å². The molecule has 18 heavy (non-hydrogen) atoms. The predicted octanol–water partition coefficient (Wildman–Crippen LogP) is 5.70. The van der Waals surface area contributed by atoms with Crippen molar-refractivity contribution in [3.05, 3.63) is 23.6 Å². The van der Waals surface area contributed by atoms with Gasteiger partial charge in [-0.1, -0.05) is 33.4 Å². The van der Waals surface area contributed by atoms with Crippen LogP contribution in [0.25, 0.3) is 6.08 Å². The lowest BCUT2D eigenvalue weighted by Gasteiger charge is -2.34. The molecule has 1 aromatic heterocycles. The van der Waals surface area contributed by atoms with Gasteiger partial charge >= 0.3 is 0 Å². The minimum Gasteiger partial charge on any atom is -0.246 e. The van der Waals surface area contributed by atoms with Crippen molar-refractivity contribution in [1.82, 2.24) is 0 Å². The highest BCUT2D eigenvalue weighted by molar-refractivity contribution is 7.14. The van der Waals surface area contributed by atoms with Gasteiger partial charge in [0.1, 0.15) is 5.00 Å². The summed E-state index contributed by atoms with van der Waals surface area (Å²) in [6.45, 7) is 10.9. The van der Waals surface area contributed by atoms with Gasteiger partial charge in [0.25, 0.3) is 0 Å². The van der Waals surface area contributed by atoms with Crippen LogP contribution in [-0.2, 0) is 0 Å². The molecule has 1 fully saturated rings. The van der Waals surface area contributed by atoms with Crippen molar-refractivity contribution in [2.75, 3.05) is 0 Å².